The second kappa shape index (κ2) is 12.0. The minimum atomic E-state index is -3.92. The summed E-state index contributed by atoms with van der Waals surface area (Å²) in [6.07, 6.45) is 4.74. The molecule has 2 rings (SSSR count). The summed E-state index contributed by atoms with van der Waals surface area (Å²) in [5, 5.41) is 0. The van der Waals surface area contributed by atoms with E-state index in [1.54, 1.807) is 0 Å². The van der Waals surface area contributed by atoms with Gasteiger partial charge in [-0.1, -0.05) is 0 Å². The van der Waals surface area contributed by atoms with Crippen molar-refractivity contribution in [2.45, 2.75) is 56.7 Å². The van der Waals surface area contributed by atoms with Gasteiger partial charge in [0.2, 0.25) is 0 Å². The Balaban J connectivity index is 0.000000861. The van der Waals surface area contributed by atoms with E-state index in [4.69, 9.17) is 23.0 Å². The molecule has 0 aliphatic carbocycles. The van der Waals surface area contributed by atoms with Gasteiger partial charge in [-0.15, -0.1) is 0 Å². The van der Waals surface area contributed by atoms with Crippen LogP contribution >= 0.6 is 0 Å². The van der Waals surface area contributed by atoms with Gasteiger partial charge in [-0.25, -0.2) is 8.42 Å². The van der Waals surface area contributed by atoms with Crippen LogP contribution in [0.4, 0.5) is 0 Å². The fraction of sp³-hybridized carbons (Fsp3) is 0.417. The largest absolute Gasteiger partial charge is 0.748 e. The van der Waals surface area contributed by atoms with Crippen LogP contribution in [0.15, 0.2) is 58.5 Å². The van der Waals surface area contributed by atoms with Gasteiger partial charge in [0.25, 0.3) is 0 Å². The fourth-order valence-electron chi connectivity index (χ4n) is 2.25. The second-order valence-electron chi connectivity index (χ2n) is 9.15. The zero-order valence-corrected chi connectivity index (χ0v) is 23.7. The van der Waals surface area contributed by atoms with E-state index < -0.39 is 33.4 Å². The van der Waals surface area contributed by atoms with E-state index in [1.807, 2.05) is 0 Å². The van der Waals surface area contributed by atoms with Gasteiger partial charge in [-0.3, -0.25) is 0 Å². The Labute approximate surface area is 199 Å². The Hall–Kier alpha value is -1.43. The van der Waals surface area contributed by atoms with Gasteiger partial charge in [0.15, 0.2) is 0 Å². The average molecular weight is 639 g/mol. The maximum atomic E-state index is 9.08. The summed E-state index contributed by atoms with van der Waals surface area (Å²) >= 11 is -0.914. The van der Waals surface area contributed by atoms with Gasteiger partial charge in [0.1, 0.15) is 0 Å². The summed E-state index contributed by atoms with van der Waals surface area (Å²) in [6, 6.07) is 17.3. The van der Waals surface area contributed by atoms with Crippen molar-refractivity contribution in [3.63, 3.8) is 0 Å². The Morgan fingerprint density at radius 3 is 1.65 bits per heavy atom. The molecule has 0 N–H and O–H groups in total. The van der Waals surface area contributed by atoms with Gasteiger partial charge in [0, 0.05) is 6.26 Å². The molecule has 0 saturated heterocycles. The third-order valence-corrected chi connectivity index (χ3v) is 8.81. The molecule has 7 heteroatoms. The molecule has 5 nitrogen and oxygen atoms in total. The van der Waals surface area contributed by atoms with Crippen molar-refractivity contribution in [2.24, 2.45) is 9.98 Å². The van der Waals surface area contributed by atoms with E-state index in [1.165, 1.54) is 24.1 Å². The molecule has 0 aliphatic rings. The standard InChI is InChI=1S/C16H23N2.C7H7.CH4O3S.Bi/c1-15(2,3)17-11-13-8-7-9-14(10-13)12-18-16(4,5)6;1-7-5-3-2-4-6-7;1-5(2,3)4;/h7-9,11-12H,1-6H3;2-6H,1H2;1H3,(H,2,3,4);/q;;;+1/p-1. The number of hydrogen-bond acceptors (Lipinski definition) is 5. The SMILES string of the molecule is CC(C)(C)N=Cc1cccc(C=NC(C)(C)C)[c]1[Bi+][CH2]c1ccccc1.CS(=O)(=O)[O-]. The molecule has 2 radical (unpaired) electrons. The van der Waals surface area contributed by atoms with Crippen molar-refractivity contribution in [2.75, 3.05) is 6.26 Å². The average Bonchev–Trinajstić information content (AvgIpc) is 2.61. The molecule has 0 bridgehead atoms. The molecule has 168 valence electrons. The third kappa shape index (κ3) is 14.3. The summed E-state index contributed by atoms with van der Waals surface area (Å²) in [6.45, 7) is 12.8. The summed E-state index contributed by atoms with van der Waals surface area (Å²) in [5.41, 5.74) is 3.86. The first-order valence-corrected chi connectivity index (χ1v) is 16.0. The van der Waals surface area contributed by atoms with Crippen LogP contribution in [0.3, 0.4) is 0 Å². The van der Waals surface area contributed by atoms with Gasteiger partial charge >= 0.3 is 171 Å². The molecule has 0 saturated carbocycles. The Kier molecular flexibility index (Phi) is 10.7. The van der Waals surface area contributed by atoms with E-state index in [-0.39, 0.29) is 11.1 Å². The topological polar surface area (TPSA) is 81.9 Å². The molecule has 0 atom stereocenters. The van der Waals surface area contributed by atoms with Crippen LogP contribution in [-0.2, 0) is 14.2 Å². The molecule has 31 heavy (non-hydrogen) atoms. The number of nitrogens with zero attached hydrogens (tertiary/aromatic N) is 2. The van der Waals surface area contributed by atoms with Crippen LogP contribution in [-0.4, -0.2) is 66.0 Å². The molecule has 0 heterocycles. The summed E-state index contributed by atoms with van der Waals surface area (Å²) < 4.78 is 29.9. The van der Waals surface area contributed by atoms with Gasteiger partial charge in [-0.2, -0.15) is 0 Å². The molecular formula is C24H33BiN2O3S. The first-order chi connectivity index (χ1) is 14.1. The van der Waals surface area contributed by atoms with Crippen molar-refractivity contribution in [3.8, 4) is 0 Å². The number of aliphatic imine (C=N–C) groups is 2. The van der Waals surface area contributed by atoms with Crippen molar-refractivity contribution in [1.82, 2.24) is 0 Å². The smallest absolute Gasteiger partial charge is 0.0916 e. The molecule has 0 unspecified atom stereocenters. The number of benzene rings is 2. The van der Waals surface area contributed by atoms with Crippen molar-refractivity contribution in [3.05, 3.63) is 65.2 Å². The molecule has 0 fully saturated rings. The van der Waals surface area contributed by atoms with Crippen LogP contribution in [0.1, 0.15) is 58.2 Å². The molecule has 2 aromatic carbocycles. The maximum absolute atomic E-state index is 9.08. The molecule has 0 amide bonds. The minimum Gasteiger partial charge on any atom is -0.748 e. The molecular weight excluding hydrogens is 605 g/mol. The van der Waals surface area contributed by atoms with Gasteiger partial charge in [0.05, 0.1) is 10.1 Å². The van der Waals surface area contributed by atoms with Crippen molar-refractivity contribution < 1.29 is 13.0 Å². The van der Waals surface area contributed by atoms with Crippen LogP contribution in [0.25, 0.3) is 0 Å². The first kappa shape index (κ1) is 27.6. The van der Waals surface area contributed by atoms with Gasteiger partial charge in [-0.05, 0) is 0 Å². The quantitative estimate of drug-likeness (QED) is 0.284. The monoisotopic (exact) mass is 638 g/mol. The van der Waals surface area contributed by atoms with E-state index >= 15 is 0 Å². The summed E-state index contributed by atoms with van der Waals surface area (Å²) in [7, 11) is -3.92. The molecule has 0 spiro atoms. The minimum absolute atomic E-state index is 0.0571. The number of rotatable bonds is 5. The first-order valence-electron chi connectivity index (χ1n) is 10.00. The van der Waals surface area contributed by atoms with Crippen LogP contribution in [0.5, 0.6) is 0 Å². The third-order valence-electron chi connectivity index (χ3n) is 3.54. The zero-order valence-electron chi connectivity index (χ0n) is 19.5. The van der Waals surface area contributed by atoms with Crippen LogP contribution in [0, 0.1) is 0 Å². The zero-order chi connectivity index (χ0) is 23.7. The molecule has 0 aromatic heterocycles. The summed E-state index contributed by atoms with van der Waals surface area (Å²) in [4.78, 5) is 9.50. The van der Waals surface area contributed by atoms with E-state index in [0.29, 0.717) is 6.26 Å². The predicted molar refractivity (Wildman–Crippen MR) is 132 cm³/mol. The maximum Gasteiger partial charge on any atom is 0.0916 e. The Morgan fingerprint density at radius 1 is 0.839 bits per heavy atom. The second-order valence-corrected chi connectivity index (χ2v) is 14.8. The molecule has 2 aromatic rings. The van der Waals surface area contributed by atoms with E-state index in [9.17, 15) is 0 Å². The Morgan fingerprint density at radius 2 is 1.26 bits per heavy atom. The van der Waals surface area contributed by atoms with E-state index in [2.05, 4.69) is 103 Å². The summed E-state index contributed by atoms with van der Waals surface area (Å²) in [5.74, 6) is 0. The van der Waals surface area contributed by atoms with Crippen LogP contribution < -0.4 is 3.27 Å². The van der Waals surface area contributed by atoms with E-state index in [0.717, 1.165) is 0 Å². The Bertz CT molecular complexity index is 937. The van der Waals surface area contributed by atoms with Gasteiger partial charge < -0.3 is 4.55 Å². The van der Waals surface area contributed by atoms with Crippen LogP contribution in [0.2, 0.25) is 0 Å². The van der Waals surface area contributed by atoms with Crippen molar-refractivity contribution in [1.29, 1.82) is 0 Å². The predicted octanol–water partition coefficient (Wildman–Crippen LogP) is 3.81. The normalized spacial score (nSPS) is 12.8. The molecule has 0 aliphatic heterocycles. The fourth-order valence-corrected chi connectivity index (χ4v) is 6.84. The number of hydrogen-bond donors (Lipinski definition) is 0. The van der Waals surface area contributed by atoms with Crippen molar-refractivity contribution >= 4 is 49.1 Å².